The van der Waals surface area contributed by atoms with E-state index < -0.39 is 5.97 Å². The number of nitrogens with zero attached hydrogens (tertiary/aromatic N) is 4. The van der Waals surface area contributed by atoms with Crippen molar-refractivity contribution < 1.29 is 13.9 Å². The fraction of sp³-hybridized carbons (Fsp3) is 0.111. The summed E-state index contributed by atoms with van der Waals surface area (Å²) in [5, 5.41) is 7.89. The van der Waals surface area contributed by atoms with Gasteiger partial charge in [-0.15, -0.1) is 5.10 Å². The van der Waals surface area contributed by atoms with Crippen LogP contribution in [0.3, 0.4) is 0 Å². The van der Waals surface area contributed by atoms with Crippen molar-refractivity contribution >= 4 is 29.2 Å². The third-order valence-corrected chi connectivity index (χ3v) is 4.08. The number of anilines is 1. The molecule has 0 spiro atoms. The molecule has 0 amide bonds. The van der Waals surface area contributed by atoms with Gasteiger partial charge in [-0.25, -0.2) is 14.8 Å². The summed E-state index contributed by atoms with van der Waals surface area (Å²) >= 11 is 5.86. The van der Waals surface area contributed by atoms with Crippen molar-refractivity contribution in [1.82, 2.24) is 19.6 Å². The van der Waals surface area contributed by atoms with E-state index in [1.807, 2.05) is 0 Å². The minimum absolute atomic E-state index is 0.106. The third-order valence-electron chi connectivity index (χ3n) is 3.83. The van der Waals surface area contributed by atoms with Gasteiger partial charge in [0, 0.05) is 18.3 Å². The van der Waals surface area contributed by atoms with Crippen molar-refractivity contribution in [3.8, 4) is 11.6 Å². The SMILES string of the molecule is CNc1ncc(C(=O)OCc2ccc(Cl)cc2)c2nc(-c3ccco3)nn12. The van der Waals surface area contributed by atoms with Crippen LogP contribution in [0.25, 0.3) is 17.2 Å². The Bertz CT molecular complexity index is 1090. The van der Waals surface area contributed by atoms with Gasteiger partial charge in [0.05, 0.1) is 6.26 Å². The highest BCUT2D eigenvalue weighted by molar-refractivity contribution is 6.30. The molecule has 0 bridgehead atoms. The third kappa shape index (κ3) is 3.34. The highest BCUT2D eigenvalue weighted by Gasteiger charge is 2.20. The van der Waals surface area contributed by atoms with Crippen LogP contribution in [0.2, 0.25) is 5.02 Å². The highest BCUT2D eigenvalue weighted by atomic mass is 35.5. The van der Waals surface area contributed by atoms with Crippen molar-refractivity contribution in [3.05, 3.63) is 65.0 Å². The lowest BCUT2D eigenvalue weighted by molar-refractivity contribution is 0.0474. The van der Waals surface area contributed by atoms with Gasteiger partial charge in [-0.1, -0.05) is 23.7 Å². The number of nitrogens with one attached hydrogen (secondary N) is 1. The van der Waals surface area contributed by atoms with Gasteiger partial charge in [0.25, 0.3) is 0 Å². The van der Waals surface area contributed by atoms with Crippen LogP contribution < -0.4 is 5.32 Å². The molecule has 9 heteroatoms. The van der Waals surface area contributed by atoms with E-state index in [0.29, 0.717) is 28.2 Å². The summed E-state index contributed by atoms with van der Waals surface area (Å²) < 4.78 is 12.2. The minimum atomic E-state index is -0.552. The molecular formula is C18H14ClN5O3. The smallest absolute Gasteiger partial charge is 0.343 e. The summed E-state index contributed by atoms with van der Waals surface area (Å²) in [7, 11) is 1.70. The quantitative estimate of drug-likeness (QED) is 0.527. The zero-order valence-electron chi connectivity index (χ0n) is 14.2. The standard InChI is InChI=1S/C18H14ClN5O3/c1-20-18-21-9-13(17(25)27-10-11-4-6-12(19)7-5-11)16-22-15(23-24(16)18)14-3-2-8-26-14/h2-9H,10H2,1H3,(H,20,21). The number of benzene rings is 1. The van der Waals surface area contributed by atoms with Crippen LogP contribution in [0.15, 0.2) is 53.3 Å². The number of esters is 1. The molecule has 27 heavy (non-hydrogen) atoms. The predicted molar refractivity (Wildman–Crippen MR) is 98.6 cm³/mol. The average Bonchev–Trinajstić information content (AvgIpc) is 3.36. The number of carbonyl (C=O) groups is 1. The highest BCUT2D eigenvalue weighted by Crippen LogP contribution is 2.21. The predicted octanol–water partition coefficient (Wildman–Crippen LogP) is 3.44. The van der Waals surface area contributed by atoms with Crippen molar-refractivity contribution in [2.24, 2.45) is 0 Å². The zero-order valence-corrected chi connectivity index (χ0v) is 15.0. The Balaban J connectivity index is 1.66. The number of aromatic nitrogens is 4. The van der Waals surface area contributed by atoms with Crippen LogP contribution in [-0.4, -0.2) is 32.6 Å². The first kappa shape index (κ1) is 17.0. The van der Waals surface area contributed by atoms with Gasteiger partial charge in [0.1, 0.15) is 12.2 Å². The summed E-state index contributed by atoms with van der Waals surface area (Å²) in [5.41, 5.74) is 1.34. The van der Waals surface area contributed by atoms with Gasteiger partial charge in [0.15, 0.2) is 11.4 Å². The Hall–Kier alpha value is -3.39. The van der Waals surface area contributed by atoms with Crippen LogP contribution in [0.1, 0.15) is 15.9 Å². The normalized spacial score (nSPS) is 10.9. The number of carbonyl (C=O) groups excluding carboxylic acids is 1. The fourth-order valence-electron chi connectivity index (χ4n) is 2.50. The van der Waals surface area contributed by atoms with Crippen LogP contribution in [0.5, 0.6) is 0 Å². The Kier molecular flexibility index (Phi) is 4.47. The maximum atomic E-state index is 12.6. The van der Waals surface area contributed by atoms with E-state index in [-0.39, 0.29) is 12.2 Å². The fourth-order valence-corrected chi connectivity index (χ4v) is 2.63. The molecule has 136 valence electrons. The van der Waals surface area contributed by atoms with Gasteiger partial charge < -0.3 is 14.5 Å². The molecular weight excluding hydrogens is 370 g/mol. The number of fused-ring (bicyclic) bond motifs is 1. The Morgan fingerprint density at radius 3 is 2.81 bits per heavy atom. The lowest BCUT2D eigenvalue weighted by atomic mass is 10.2. The molecule has 1 aromatic carbocycles. The van der Waals surface area contributed by atoms with Crippen LogP contribution in [-0.2, 0) is 11.3 Å². The van der Waals surface area contributed by atoms with E-state index in [0.717, 1.165) is 5.56 Å². The minimum Gasteiger partial charge on any atom is -0.461 e. The van der Waals surface area contributed by atoms with Crippen LogP contribution in [0, 0.1) is 0 Å². The lowest BCUT2D eigenvalue weighted by Gasteiger charge is -2.07. The van der Waals surface area contributed by atoms with Crippen LogP contribution in [0.4, 0.5) is 5.95 Å². The van der Waals surface area contributed by atoms with Gasteiger partial charge in [0.2, 0.25) is 11.8 Å². The van der Waals surface area contributed by atoms with Crippen molar-refractivity contribution in [2.75, 3.05) is 12.4 Å². The number of furan rings is 1. The van der Waals surface area contributed by atoms with Gasteiger partial charge in [-0.2, -0.15) is 4.52 Å². The molecule has 0 radical (unpaired) electrons. The molecule has 0 saturated carbocycles. The molecule has 0 saturated heterocycles. The number of hydrogen-bond acceptors (Lipinski definition) is 7. The summed E-state index contributed by atoms with van der Waals surface area (Å²) in [6, 6.07) is 10.5. The molecule has 3 aromatic heterocycles. The maximum absolute atomic E-state index is 12.6. The van der Waals surface area contributed by atoms with E-state index in [4.69, 9.17) is 20.8 Å². The summed E-state index contributed by atoms with van der Waals surface area (Å²) in [6.07, 6.45) is 2.94. The van der Waals surface area contributed by atoms with Crippen LogP contribution >= 0.6 is 11.6 Å². The Morgan fingerprint density at radius 1 is 1.30 bits per heavy atom. The Labute approximate surface area is 158 Å². The molecule has 0 aliphatic carbocycles. The number of halogens is 1. The summed E-state index contributed by atoms with van der Waals surface area (Å²) in [5.74, 6) is 0.713. The van der Waals surface area contributed by atoms with E-state index >= 15 is 0 Å². The topological polar surface area (TPSA) is 94.5 Å². The number of rotatable bonds is 5. The van der Waals surface area contributed by atoms with E-state index in [2.05, 4.69) is 20.4 Å². The Morgan fingerprint density at radius 2 is 2.11 bits per heavy atom. The molecule has 4 rings (SSSR count). The van der Waals surface area contributed by atoms with Gasteiger partial charge in [-0.3, -0.25) is 0 Å². The zero-order chi connectivity index (χ0) is 18.8. The monoisotopic (exact) mass is 383 g/mol. The van der Waals surface area contributed by atoms with E-state index in [9.17, 15) is 4.79 Å². The second-order valence-electron chi connectivity index (χ2n) is 5.60. The molecule has 0 aliphatic rings. The molecule has 0 fully saturated rings. The van der Waals surface area contributed by atoms with Crippen molar-refractivity contribution in [2.45, 2.75) is 6.61 Å². The van der Waals surface area contributed by atoms with Crippen molar-refractivity contribution in [1.29, 1.82) is 0 Å². The van der Waals surface area contributed by atoms with Gasteiger partial charge in [-0.05, 0) is 29.8 Å². The van der Waals surface area contributed by atoms with Crippen molar-refractivity contribution in [3.63, 3.8) is 0 Å². The summed E-state index contributed by atoms with van der Waals surface area (Å²) in [6.45, 7) is 0.106. The lowest BCUT2D eigenvalue weighted by Crippen LogP contribution is -2.11. The first-order valence-electron chi connectivity index (χ1n) is 8.04. The largest absolute Gasteiger partial charge is 0.461 e. The molecule has 0 atom stereocenters. The van der Waals surface area contributed by atoms with E-state index in [1.165, 1.54) is 17.0 Å². The van der Waals surface area contributed by atoms with Gasteiger partial charge >= 0.3 is 5.97 Å². The second kappa shape index (κ2) is 7.08. The first-order valence-corrected chi connectivity index (χ1v) is 8.42. The molecule has 8 nitrogen and oxygen atoms in total. The molecule has 0 aliphatic heterocycles. The maximum Gasteiger partial charge on any atom is 0.343 e. The number of hydrogen-bond donors (Lipinski definition) is 1. The molecule has 1 N–H and O–H groups in total. The first-order chi connectivity index (χ1) is 13.2. The molecule has 3 heterocycles. The molecule has 4 aromatic rings. The number of ether oxygens (including phenoxy) is 1. The second-order valence-corrected chi connectivity index (χ2v) is 6.03. The summed E-state index contributed by atoms with van der Waals surface area (Å²) in [4.78, 5) is 21.2. The average molecular weight is 384 g/mol. The van der Waals surface area contributed by atoms with E-state index in [1.54, 1.807) is 43.4 Å². The molecule has 0 unspecified atom stereocenters.